The van der Waals surface area contributed by atoms with E-state index in [0.717, 1.165) is 5.57 Å². The van der Waals surface area contributed by atoms with Gasteiger partial charge in [-0.3, -0.25) is 14.4 Å². The lowest BCUT2D eigenvalue weighted by atomic mass is 9.78. The molecular weight excluding hydrogens is 340 g/mol. The minimum absolute atomic E-state index is 0.0963. The molecule has 0 aromatic heterocycles. The number of carbonyl (C=O) groups excluding carboxylic acids is 3. The number of esters is 3. The number of methoxy groups -OCH3 is 3. The molecule has 146 valence electrons. The molecule has 1 heterocycles. The quantitative estimate of drug-likeness (QED) is 0.281. The third-order valence-corrected chi connectivity index (χ3v) is 4.39. The van der Waals surface area contributed by atoms with Crippen LogP contribution >= 0.6 is 0 Å². The number of ether oxygens (including phenoxy) is 4. The van der Waals surface area contributed by atoms with Gasteiger partial charge in [-0.1, -0.05) is 0 Å². The minimum atomic E-state index is -1.50. The fraction of sp³-hybridized carbons (Fsp3) is 0.684. The second kappa shape index (κ2) is 10.1. The first-order valence-electron chi connectivity index (χ1n) is 8.56. The average Bonchev–Trinajstić information content (AvgIpc) is 3.05. The van der Waals surface area contributed by atoms with Crippen LogP contribution in [0.2, 0.25) is 0 Å². The third kappa shape index (κ3) is 5.71. The molecule has 2 atom stereocenters. The highest BCUT2D eigenvalue weighted by atomic mass is 16.5. The zero-order valence-electron chi connectivity index (χ0n) is 16.1. The number of allylic oxidation sites excluding steroid dienone is 1. The summed E-state index contributed by atoms with van der Waals surface area (Å²) in [5.74, 6) is -1.69. The lowest BCUT2D eigenvalue weighted by Crippen LogP contribution is -2.43. The Morgan fingerprint density at radius 3 is 2.12 bits per heavy atom. The molecule has 26 heavy (non-hydrogen) atoms. The van der Waals surface area contributed by atoms with E-state index in [1.807, 2.05) is 13.8 Å². The van der Waals surface area contributed by atoms with Crippen molar-refractivity contribution in [3.63, 3.8) is 0 Å². The first-order chi connectivity index (χ1) is 12.3. The second-order valence-corrected chi connectivity index (χ2v) is 6.56. The van der Waals surface area contributed by atoms with Crippen LogP contribution < -0.4 is 0 Å². The molecule has 0 saturated carbocycles. The van der Waals surface area contributed by atoms with Crippen LogP contribution in [0.15, 0.2) is 17.4 Å². The van der Waals surface area contributed by atoms with Gasteiger partial charge >= 0.3 is 17.9 Å². The summed E-state index contributed by atoms with van der Waals surface area (Å²) in [6.07, 6.45) is 2.64. The molecule has 0 bridgehead atoms. The highest BCUT2D eigenvalue weighted by molar-refractivity contribution is 6.00. The summed E-state index contributed by atoms with van der Waals surface area (Å²) in [4.78, 5) is 36.4. The molecule has 0 amide bonds. The van der Waals surface area contributed by atoms with E-state index in [1.54, 1.807) is 6.08 Å². The number of carbonyl (C=O) groups is 3. The minimum Gasteiger partial charge on any atom is -0.469 e. The van der Waals surface area contributed by atoms with Gasteiger partial charge in [-0.25, -0.2) is 0 Å². The topological polar surface area (TPSA) is 88.1 Å². The summed E-state index contributed by atoms with van der Waals surface area (Å²) >= 11 is 0. The lowest BCUT2D eigenvalue weighted by molar-refractivity contribution is -0.172. The monoisotopic (exact) mass is 368 g/mol. The van der Waals surface area contributed by atoms with Crippen molar-refractivity contribution in [1.29, 1.82) is 0 Å². The molecule has 0 aliphatic carbocycles. The first-order valence-corrected chi connectivity index (χ1v) is 8.56. The van der Waals surface area contributed by atoms with Gasteiger partial charge in [-0.15, -0.1) is 5.73 Å². The average molecular weight is 368 g/mol. The molecule has 7 heteroatoms. The zero-order chi connectivity index (χ0) is 19.7. The molecule has 7 nitrogen and oxygen atoms in total. The smallest absolute Gasteiger partial charge is 0.323 e. The van der Waals surface area contributed by atoms with Gasteiger partial charge in [0, 0.05) is 6.42 Å². The van der Waals surface area contributed by atoms with Gasteiger partial charge in [-0.05, 0) is 44.8 Å². The molecule has 1 aliphatic heterocycles. The van der Waals surface area contributed by atoms with Gasteiger partial charge in [0.15, 0.2) is 5.41 Å². The van der Waals surface area contributed by atoms with Crippen molar-refractivity contribution >= 4 is 17.9 Å². The van der Waals surface area contributed by atoms with E-state index in [0.29, 0.717) is 12.8 Å². The largest absolute Gasteiger partial charge is 0.469 e. The predicted molar refractivity (Wildman–Crippen MR) is 93.2 cm³/mol. The van der Waals surface area contributed by atoms with Crippen LogP contribution in [0.25, 0.3) is 0 Å². The summed E-state index contributed by atoms with van der Waals surface area (Å²) in [6.45, 7) is 3.73. The van der Waals surface area contributed by atoms with E-state index < -0.39 is 17.4 Å². The predicted octanol–water partition coefficient (Wildman–Crippen LogP) is 2.33. The Kier molecular flexibility index (Phi) is 8.55. The molecule has 2 unspecified atom stereocenters. The van der Waals surface area contributed by atoms with Gasteiger partial charge in [0.05, 0.1) is 40.0 Å². The number of rotatable bonds is 8. The van der Waals surface area contributed by atoms with Gasteiger partial charge < -0.3 is 18.9 Å². The number of hydrogen-bond donors (Lipinski definition) is 0. The normalized spacial score (nSPS) is 19.3. The van der Waals surface area contributed by atoms with Crippen molar-refractivity contribution in [3.8, 4) is 0 Å². The molecule has 0 aromatic rings. The molecule has 1 aliphatic rings. The van der Waals surface area contributed by atoms with Crippen LogP contribution in [0.1, 0.15) is 46.0 Å². The van der Waals surface area contributed by atoms with Crippen molar-refractivity contribution < 1.29 is 33.3 Å². The molecule has 0 N–H and O–H groups in total. The van der Waals surface area contributed by atoms with E-state index in [9.17, 15) is 14.4 Å². The summed E-state index contributed by atoms with van der Waals surface area (Å²) in [6, 6.07) is 0. The van der Waals surface area contributed by atoms with E-state index in [1.165, 1.54) is 21.3 Å². The van der Waals surface area contributed by atoms with E-state index in [4.69, 9.17) is 14.2 Å². The van der Waals surface area contributed by atoms with Crippen molar-refractivity contribution in [2.24, 2.45) is 5.41 Å². The molecule has 1 fully saturated rings. The van der Waals surface area contributed by atoms with Crippen molar-refractivity contribution in [3.05, 3.63) is 17.4 Å². The Morgan fingerprint density at radius 2 is 1.62 bits per heavy atom. The van der Waals surface area contributed by atoms with Crippen LogP contribution in [-0.4, -0.2) is 51.4 Å². The molecule has 1 rings (SSSR count). The molecule has 1 saturated heterocycles. The van der Waals surface area contributed by atoms with Crippen LogP contribution in [0.4, 0.5) is 0 Å². The van der Waals surface area contributed by atoms with Gasteiger partial charge in [0.1, 0.15) is 0 Å². The Morgan fingerprint density at radius 1 is 1.04 bits per heavy atom. The summed E-state index contributed by atoms with van der Waals surface area (Å²) in [5.41, 5.74) is 2.42. The highest BCUT2D eigenvalue weighted by Gasteiger charge is 2.50. The summed E-state index contributed by atoms with van der Waals surface area (Å²) < 4.78 is 20.3. The van der Waals surface area contributed by atoms with Crippen molar-refractivity contribution in [2.75, 3.05) is 21.3 Å². The van der Waals surface area contributed by atoms with Crippen molar-refractivity contribution in [2.45, 2.75) is 58.2 Å². The van der Waals surface area contributed by atoms with E-state index >= 15 is 0 Å². The zero-order valence-corrected chi connectivity index (χ0v) is 16.1. The van der Waals surface area contributed by atoms with Crippen molar-refractivity contribution in [1.82, 2.24) is 0 Å². The Hall–Kier alpha value is -2.11. The molecule has 0 radical (unpaired) electrons. The Bertz CT molecular complexity index is 567. The van der Waals surface area contributed by atoms with E-state index in [2.05, 4.69) is 10.5 Å². The lowest BCUT2D eigenvalue weighted by Gasteiger charge is -2.29. The Balaban J connectivity index is 3.01. The first kappa shape index (κ1) is 21.9. The van der Waals surface area contributed by atoms with Crippen LogP contribution in [0.5, 0.6) is 0 Å². The Labute approximate surface area is 154 Å². The highest BCUT2D eigenvalue weighted by Crippen LogP contribution is 2.37. The van der Waals surface area contributed by atoms with Gasteiger partial charge in [-0.2, -0.15) is 0 Å². The summed E-state index contributed by atoms with van der Waals surface area (Å²) in [5, 5.41) is 0. The number of hydrogen-bond acceptors (Lipinski definition) is 7. The fourth-order valence-electron chi connectivity index (χ4n) is 3.06. The van der Waals surface area contributed by atoms with E-state index in [-0.39, 0.29) is 37.4 Å². The maximum Gasteiger partial charge on any atom is 0.323 e. The van der Waals surface area contributed by atoms with Gasteiger partial charge in [0.25, 0.3) is 0 Å². The molecule has 0 spiro atoms. The fourth-order valence-corrected chi connectivity index (χ4v) is 3.06. The van der Waals surface area contributed by atoms with Crippen LogP contribution in [0.3, 0.4) is 0 Å². The summed E-state index contributed by atoms with van der Waals surface area (Å²) in [7, 11) is 3.80. The molecule has 0 aromatic carbocycles. The standard InChI is InChI=1S/C19H28O7/c1-13(2)7-6-10-19(17(21)24-4,18(22)25-5)12-15-9-8-14(26-15)11-16(20)23-3/h6,14-15H,8-12H2,1-5H3. The molecular formula is C19H28O7. The van der Waals surface area contributed by atoms with Crippen LogP contribution in [-0.2, 0) is 33.3 Å². The second-order valence-electron chi connectivity index (χ2n) is 6.56. The van der Waals surface area contributed by atoms with Crippen LogP contribution in [0, 0.1) is 5.41 Å². The van der Waals surface area contributed by atoms with Gasteiger partial charge in [0.2, 0.25) is 0 Å². The maximum absolute atomic E-state index is 12.5. The SMILES string of the molecule is COC(=O)CC1CCC(CC(CC=C=C(C)C)(C(=O)OC)C(=O)OC)O1. The third-order valence-electron chi connectivity index (χ3n) is 4.39. The maximum atomic E-state index is 12.5.